The first-order chi connectivity index (χ1) is 40.2. The molecule has 10 heterocycles. The molecule has 12 heteroatoms. The summed E-state index contributed by atoms with van der Waals surface area (Å²) in [6.07, 6.45) is 43.9. The van der Waals surface area contributed by atoms with E-state index in [1.165, 1.54) is 260 Å². The van der Waals surface area contributed by atoms with Gasteiger partial charge < -0.3 is 9.80 Å². The molecule has 10 rings (SSSR count). The number of allylic oxidation sites excluding steroid dienone is 1. The van der Waals surface area contributed by atoms with Gasteiger partial charge in [-0.1, -0.05) is 194 Å². The maximum Gasteiger partial charge on any atom is 0.260 e. The van der Waals surface area contributed by atoms with Crippen LogP contribution in [0.4, 0.5) is 0 Å². The summed E-state index contributed by atoms with van der Waals surface area (Å²) >= 11 is 15.9. The lowest BCUT2D eigenvalue weighted by Gasteiger charge is -2.17. The van der Waals surface area contributed by atoms with Crippen molar-refractivity contribution in [2.75, 3.05) is 14.1 Å². The molecule has 8 aromatic rings. The molecular formula is C70H90N2O2S8. The van der Waals surface area contributed by atoms with E-state index in [4.69, 9.17) is 0 Å². The number of likely N-dealkylation sites (N-methyl/N-ethyl adjacent to an activating group) is 2. The van der Waals surface area contributed by atoms with Crippen LogP contribution >= 0.6 is 90.7 Å². The smallest absolute Gasteiger partial charge is 0.260 e. The van der Waals surface area contributed by atoms with Gasteiger partial charge in [-0.05, 0) is 99.2 Å². The number of rotatable bonds is 37. The largest absolute Gasteiger partial charge is 0.315 e. The van der Waals surface area contributed by atoms with Crippen molar-refractivity contribution in [3.63, 3.8) is 0 Å². The Bertz CT molecular complexity index is 3440. The van der Waals surface area contributed by atoms with Crippen molar-refractivity contribution in [3.05, 3.63) is 86.3 Å². The monoisotopic (exact) mass is 1250 g/mol. The molecule has 0 spiro atoms. The van der Waals surface area contributed by atoms with Crippen LogP contribution in [0.2, 0.25) is 0 Å². The van der Waals surface area contributed by atoms with Crippen LogP contribution in [0, 0.1) is 6.92 Å². The van der Waals surface area contributed by atoms with E-state index in [0.29, 0.717) is 11.1 Å². The minimum Gasteiger partial charge on any atom is -0.315 e. The zero-order valence-electron chi connectivity index (χ0n) is 50.2. The van der Waals surface area contributed by atoms with Crippen LogP contribution in [-0.2, 0) is 22.4 Å². The number of carbonyl (C=O) groups is 2. The van der Waals surface area contributed by atoms with Crippen LogP contribution in [-0.4, -0.2) is 35.7 Å². The van der Waals surface area contributed by atoms with E-state index in [9.17, 15) is 9.59 Å². The summed E-state index contributed by atoms with van der Waals surface area (Å²) in [6.45, 7) is 8.72. The van der Waals surface area contributed by atoms with Gasteiger partial charge in [0.05, 0.1) is 49.9 Å². The molecule has 0 aromatic carbocycles. The predicted molar refractivity (Wildman–Crippen MR) is 371 cm³/mol. The number of aryl methyl sites for hydroxylation is 3. The maximum atomic E-state index is 13.5. The summed E-state index contributed by atoms with van der Waals surface area (Å²) < 4.78 is 9.15. The first-order valence-corrected chi connectivity index (χ1v) is 38.5. The highest BCUT2D eigenvalue weighted by molar-refractivity contribution is 7.46. The molecule has 0 saturated carbocycles. The van der Waals surface area contributed by atoms with E-state index in [0.717, 1.165) is 29.1 Å². The van der Waals surface area contributed by atoms with Gasteiger partial charge in [0.2, 0.25) is 0 Å². The van der Waals surface area contributed by atoms with Crippen LogP contribution in [0.25, 0.3) is 72.9 Å². The number of fused-ring (bicyclic) bond motifs is 6. The van der Waals surface area contributed by atoms with Crippen LogP contribution in [0.5, 0.6) is 0 Å². The molecule has 440 valence electrons. The van der Waals surface area contributed by atoms with Crippen molar-refractivity contribution < 1.29 is 9.59 Å². The Morgan fingerprint density at radius 2 is 0.634 bits per heavy atom. The second-order valence-corrected chi connectivity index (χ2v) is 32.3. The molecule has 0 N–H and O–H groups in total. The molecule has 4 nitrogen and oxygen atoms in total. The van der Waals surface area contributed by atoms with Crippen LogP contribution < -0.4 is 0 Å². The van der Waals surface area contributed by atoms with Gasteiger partial charge in [-0.3, -0.25) is 9.59 Å². The van der Waals surface area contributed by atoms with E-state index in [1.54, 1.807) is 44.0 Å². The number of carbonyl (C=O) groups excluding carboxylic acids is 2. The lowest BCUT2D eigenvalue weighted by Crippen LogP contribution is -2.24. The highest BCUT2D eigenvalue weighted by atomic mass is 32.1. The molecule has 0 unspecified atom stereocenters. The van der Waals surface area contributed by atoms with E-state index in [2.05, 4.69) is 115 Å². The first-order valence-electron chi connectivity index (χ1n) is 32.0. The minimum absolute atomic E-state index is 0.0922. The van der Waals surface area contributed by atoms with Crippen LogP contribution in [0.1, 0.15) is 234 Å². The third kappa shape index (κ3) is 14.4. The predicted octanol–water partition coefficient (Wildman–Crippen LogP) is 25.4. The average Bonchev–Trinajstić information content (AvgIpc) is 2.33. The second kappa shape index (κ2) is 30.4. The summed E-state index contributed by atoms with van der Waals surface area (Å²) in [5.41, 5.74) is 5.75. The molecule has 2 amide bonds. The summed E-state index contributed by atoms with van der Waals surface area (Å²) in [5, 5.41) is 0. The summed E-state index contributed by atoms with van der Waals surface area (Å²) in [5.74, 6) is -0.184. The number of nitrogens with zero attached hydrogens (tertiary/aromatic N) is 2. The van der Waals surface area contributed by atoms with E-state index in [-0.39, 0.29) is 11.8 Å². The number of amides is 2. The van der Waals surface area contributed by atoms with Gasteiger partial charge in [0.15, 0.2) is 0 Å². The molecular weight excluding hydrogens is 1160 g/mol. The fourth-order valence-corrected chi connectivity index (χ4v) is 23.2. The number of hydrogen-bond donors (Lipinski definition) is 0. The first kappa shape index (κ1) is 61.9. The molecule has 0 saturated heterocycles. The lowest BCUT2D eigenvalue weighted by molar-refractivity contribution is -0.123. The van der Waals surface area contributed by atoms with Crippen molar-refractivity contribution in [2.45, 2.75) is 233 Å². The van der Waals surface area contributed by atoms with Gasteiger partial charge >= 0.3 is 0 Å². The topological polar surface area (TPSA) is 40.6 Å². The molecule has 8 aromatic heterocycles. The third-order valence-electron chi connectivity index (χ3n) is 17.5. The molecule has 2 aliphatic heterocycles. The number of hydrogen-bond acceptors (Lipinski definition) is 10. The summed E-state index contributed by atoms with van der Waals surface area (Å²) in [4.78, 5) is 43.6. The Morgan fingerprint density at radius 1 is 0.317 bits per heavy atom. The standard InChI is InChI=1S/C70H90N2O2S8/c1-7-9-11-13-15-17-19-21-23-25-27-29-31-33-35-37-49-61(56-45-42-52(77-56)51-40-39-47(3)75-51)79-65-63(49)81-68-66-64(82-67(65)68)50(38-36-34-32-30-28-26-24-22-20-18-16-14-12-10-8-2)62(80-66)57-46-43-54(78-57)53-41-44-55(76-53)60-59-58(69(73)72(60)6)48(4)71(5)70(59)74/h39-46H,7-38H2,1-6H3. The summed E-state index contributed by atoms with van der Waals surface area (Å²) in [6, 6.07) is 18.4. The van der Waals surface area contributed by atoms with Gasteiger partial charge in [-0.15, -0.1) is 90.7 Å². The van der Waals surface area contributed by atoms with Crippen molar-refractivity contribution in [1.29, 1.82) is 0 Å². The Morgan fingerprint density at radius 3 is 1.02 bits per heavy atom. The molecule has 0 radical (unpaired) electrons. The second-order valence-electron chi connectivity index (χ2n) is 23.7. The van der Waals surface area contributed by atoms with Crippen LogP contribution in [0.3, 0.4) is 0 Å². The summed E-state index contributed by atoms with van der Waals surface area (Å²) in [7, 11) is 3.58. The number of unbranched alkanes of at least 4 members (excludes halogenated alkanes) is 28. The van der Waals surface area contributed by atoms with Gasteiger partial charge in [-0.2, -0.15) is 0 Å². The zero-order chi connectivity index (χ0) is 57.0. The molecule has 0 atom stereocenters. The quantitative estimate of drug-likeness (QED) is 0.0364. The molecule has 2 aliphatic rings. The minimum atomic E-state index is -0.0922. The Kier molecular flexibility index (Phi) is 23.0. The van der Waals surface area contributed by atoms with Crippen molar-refractivity contribution in [3.8, 4) is 39.0 Å². The fraction of sp³-hybridized carbons (Fsp3) is 0.543. The lowest BCUT2D eigenvalue weighted by atomic mass is 10.0. The van der Waals surface area contributed by atoms with Gasteiger partial charge in [0.25, 0.3) is 11.8 Å². The SMILES string of the molecule is CCCCCCCCCCCCCCCCCc1c(-c2ccc(-c3ccc(C)s3)s2)sc2c1sc1c3sc(-c4ccc(-c5ccc(C6=C7C(=O)N(C)C(C)=C7C(=O)N6C)s5)s4)c(CCCCCCCCCCCCCCCCC)c3sc21. The molecule has 0 aliphatic carbocycles. The van der Waals surface area contributed by atoms with Gasteiger partial charge in [-0.25, -0.2) is 0 Å². The molecule has 0 fully saturated rings. The van der Waals surface area contributed by atoms with E-state index >= 15 is 0 Å². The third-order valence-corrected chi connectivity index (χ3v) is 28.1. The highest BCUT2D eigenvalue weighted by Crippen LogP contribution is 2.57. The molecule has 0 bridgehead atoms. The van der Waals surface area contributed by atoms with Crippen molar-refractivity contribution in [1.82, 2.24) is 9.80 Å². The fourth-order valence-electron chi connectivity index (χ4n) is 12.5. The zero-order valence-corrected chi connectivity index (χ0v) is 56.8. The van der Waals surface area contributed by atoms with Gasteiger partial charge in [0.1, 0.15) is 0 Å². The van der Waals surface area contributed by atoms with Crippen molar-refractivity contribution in [2.24, 2.45) is 0 Å². The Balaban J connectivity index is 0.868. The van der Waals surface area contributed by atoms with E-state index in [1.807, 2.05) is 48.0 Å². The average molecular weight is 1250 g/mol. The van der Waals surface area contributed by atoms with Crippen LogP contribution in [0.15, 0.2) is 65.4 Å². The van der Waals surface area contributed by atoms with Gasteiger partial charge in [0, 0.05) is 63.7 Å². The normalized spacial score (nSPS) is 14.0. The van der Waals surface area contributed by atoms with Crippen molar-refractivity contribution >= 4 is 136 Å². The van der Waals surface area contributed by atoms with E-state index < -0.39 is 0 Å². The molecule has 82 heavy (non-hydrogen) atoms. The maximum absolute atomic E-state index is 13.5. The highest BCUT2D eigenvalue weighted by Gasteiger charge is 2.45. The Labute approximate surface area is 523 Å². The Hall–Kier alpha value is -3.20. The number of thiophene rings is 8.